The fourth-order valence-electron chi connectivity index (χ4n) is 3.49. The first-order valence-electron chi connectivity index (χ1n) is 12.4. The molecule has 0 aliphatic rings. The molecule has 0 unspecified atom stereocenters. The van der Waals surface area contributed by atoms with Crippen LogP contribution in [0.25, 0.3) is 0 Å². The van der Waals surface area contributed by atoms with Crippen LogP contribution in [0.2, 0.25) is 0 Å². The fourth-order valence-corrected chi connectivity index (χ4v) is 3.49. The van der Waals surface area contributed by atoms with Gasteiger partial charge in [0, 0.05) is 26.5 Å². The van der Waals surface area contributed by atoms with Crippen molar-refractivity contribution in [3.05, 3.63) is 12.2 Å². The summed E-state index contributed by atoms with van der Waals surface area (Å²) in [6, 6.07) is 0. The summed E-state index contributed by atoms with van der Waals surface area (Å²) < 4.78 is 19.0. The van der Waals surface area contributed by atoms with Crippen molar-refractivity contribution in [2.75, 3.05) is 13.7 Å². The third-order valence-corrected chi connectivity index (χ3v) is 5.71. The molecule has 33 heavy (non-hydrogen) atoms. The topological polar surface area (TPSA) is 113 Å². The van der Waals surface area contributed by atoms with Gasteiger partial charge in [-0.3, -0.25) is 4.79 Å². The molecule has 0 bridgehead atoms. The summed E-state index contributed by atoms with van der Waals surface area (Å²) in [7, 11) is 1.21. The summed E-state index contributed by atoms with van der Waals surface area (Å²) in [4.78, 5) is 33.8. The van der Waals surface area contributed by atoms with E-state index in [9.17, 15) is 18.8 Å². The molecule has 7 nitrogen and oxygen atoms in total. The Labute approximate surface area is 198 Å². The Morgan fingerprint density at radius 2 is 1.36 bits per heavy atom. The number of hydrogen-bond acceptors (Lipinski definition) is 4. The van der Waals surface area contributed by atoms with Crippen molar-refractivity contribution in [1.29, 1.82) is 0 Å². The summed E-state index contributed by atoms with van der Waals surface area (Å²) in [6.45, 7) is 2.09. The fraction of sp³-hybridized carbons (Fsp3) is 0.800. The number of carbonyl (C=O) groups is 3. The third-order valence-electron chi connectivity index (χ3n) is 5.71. The highest BCUT2D eigenvalue weighted by atomic mass is 19.1. The summed E-state index contributed by atoms with van der Waals surface area (Å²) in [5, 5.41) is 20.2. The summed E-state index contributed by atoms with van der Waals surface area (Å²) in [5.41, 5.74) is -3.45. The van der Waals surface area contributed by atoms with Crippen molar-refractivity contribution in [3.63, 3.8) is 0 Å². The lowest BCUT2D eigenvalue weighted by molar-refractivity contribution is -0.169. The lowest BCUT2D eigenvalue weighted by Crippen LogP contribution is -2.47. The highest BCUT2D eigenvalue weighted by Gasteiger charge is 2.49. The van der Waals surface area contributed by atoms with Gasteiger partial charge in [0.1, 0.15) is 0 Å². The van der Waals surface area contributed by atoms with Gasteiger partial charge in [0.2, 0.25) is 5.91 Å². The Morgan fingerprint density at radius 1 is 0.879 bits per heavy atom. The zero-order valence-electron chi connectivity index (χ0n) is 20.5. The number of halogens is 1. The number of allylic oxidation sites excluding steroid dienone is 2. The minimum Gasteiger partial charge on any atom is -0.478 e. The van der Waals surface area contributed by atoms with E-state index in [1.165, 1.54) is 52.1 Å². The van der Waals surface area contributed by atoms with Crippen LogP contribution in [0.5, 0.6) is 0 Å². The van der Waals surface area contributed by atoms with Crippen molar-refractivity contribution in [2.24, 2.45) is 0 Å². The monoisotopic (exact) mass is 473 g/mol. The van der Waals surface area contributed by atoms with Crippen LogP contribution in [0.4, 0.5) is 4.39 Å². The van der Waals surface area contributed by atoms with Gasteiger partial charge in [0.15, 0.2) is 0 Å². The largest absolute Gasteiger partial charge is 0.478 e. The molecule has 0 aliphatic carbocycles. The number of methoxy groups -OCH3 is 1. The molecule has 0 aromatic rings. The molecule has 0 radical (unpaired) electrons. The van der Waals surface area contributed by atoms with E-state index in [0.717, 1.165) is 38.5 Å². The molecular formula is C25H44FNO6. The number of nitrogens with one attached hydrogen (secondary N) is 1. The number of carboxylic acid groups (broad SMARTS) is 2. The molecule has 0 saturated carbocycles. The standard InChI is InChI=1S/C25H44FNO6/c1-3-4-5-6-7-8-9-10-11-12-13-14-15-16-17-18-22(28)27-20-21(33-2)19-25(26,23(29)30)24(31)32/h10-11,21H,3-9,12-20H2,1-2H3,(H,27,28)(H,29,30)(H,31,32)/b11-10-/t21-/m0/s1. The summed E-state index contributed by atoms with van der Waals surface area (Å²) in [5.74, 6) is -4.42. The normalized spacial score (nSPS) is 12.7. The quantitative estimate of drug-likeness (QED) is 0.110. The first-order chi connectivity index (χ1) is 15.8. The van der Waals surface area contributed by atoms with Crippen molar-refractivity contribution in [1.82, 2.24) is 5.32 Å². The van der Waals surface area contributed by atoms with E-state index >= 15 is 0 Å². The molecule has 0 spiro atoms. The Hall–Kier alpha value is -1.96. The molecule has 8 heteroatoms. The second kappa shape index (κ2) is 19.5. The van der Waals surface area contributed by atoms with Crippen LogP contribution in [-0.4, -0.2) is 53.5 Å². The second-order valence-corrected chi connectivity index (χ2v) is 8.61. The van der Waals surface area contributed by atoms with Gasteiger partial charge in [-0.1, -0.05) is 70.4 Å². The lowest BCUT2D eigenvalue weighted by Gasteiger charge is -2.22. The van der Waals surface area contributed by atoms with E-state index in [0.29, 0.717) is 6.42 Å². The molecule has 3 N–H and O–H groups in total. The molecule has 192 valence electrons. The van der Waals surface area contributed by atoms with Crippen molar-refractivity contribution < 1.29 is 33.7 Å². The van der Waals surface area contributed by atoms with E-state index in [1.807, 2.05) is 0 Å². The number of alkyl halides is 1. The predicted octanol–water partition coefficient (Wildman–Crippen LogP) is 5.42. The zero-order valence-corrected chi connectivity index (χ0v) is 20.5. The summed E-state index contributed by atoms with van der Waals surface area (Å²) in [6.07, 6.45) is 18.1. The highest BCUT2D eigenvalue weighted by Crippen LogP contribution is 2.21. The number of aliphatic carboxylic acids is 2. The van der Waals surface area contributed by atoms with E-state index in [4.69, 9.17) is 14.9 Å². The van der Waals surface area contributed by atoms with Gasteiger partial charge in [-0.25, -0.2) is 14.0 Å². The Morgan fingerprint density at radius 3 is 1.85 bits per heavy atom. The molecule has 1 amide bonds. The Bertz CT molecular complexity index is 567. The first-order valence-corrected chi connectivity index (χ1v) is 12.4. The van der Waals surface area contributed by atoms with E-state index < -0.39 is 30.1 Å². The van der Waals surface area contributed by atoms with Crippen LogP contribution in [0.3, 0.4) is 0 Å². The minimum absolute atomic E-state index is 0.146. The van der Waals surface area contributed by atoms with Crippen molar-refractivity contribution in [3.8, 4) is 0 Å². The maximum Gasteiger partial charge on any atom is 0.353 e. The molecule has 1 atom stereocenters. The maximum absolute atomic E-state index is 14.1. The summed E-state index contributed by atoms with van der Waals surface area (Å²) >= 11 is 0. The van der Waals surface area contributed by atoms with Gasteiger partial charge in [0.05, 0.1) is 6.10 Å². The number of carboxylic acids is 2. The predicted molar refractivity (Wildman–Crippen MR) is 127 cm³/mol. The van der Waals surface area contributed by atoms with Crippen LogP contribution < -0.4 is 5.32 Å². The van der Waals surface area contributed by atoms with Crippen LogP contribution in [-0.2, 0) is 19.1 Å². The number of rotatable bonds is 22. The molecule has 0 aromatic carbocycles. The Balaban J connectivity index is 3.77. The zero-order chi connectivity index (χ0) is 25.0. The Kier molecular flexibility index (Phi) is 18.3. The molecule has 0 aliphatic heterocycles. The third kappa shape index (κ3) is 15.5. The van der Waals surface area contributed by atoms with Gasteiger partial charge in [0.25, 0.3) is 0 Å². The van der Waals surface area contributed by atoms with Crippen molar-refractivity contribution >= 4 is 17.8 Å². The molecule has 0 fully saturated rings. The highest BCUT2D eigenvalue weighted by molar-refractivity contribution is 6.01. The lowest BCUT2D eigenvalue weighted by atomic mass is 9.98. The van der Waals surface area contributed by atoms with Gasteiger partial charge in [-0.2, -0.15) is 0 Å². The average molecular weight is 474 g/mol. The second-order valence-electron chi connectivity index (χ2n) is 8.61. The minimum atomic E-state index is -3.45. The SMILES string of the molecule is CCCCCCCC/C=C\CCCCCCCC(=O)NC[C@H](CC(F)(C(=O)O)C(=O)O)OC. The van der Waals surface area contributed by atoms with Crippen LogP contribution in [0.15, 0.2) is 12.2 Å². The van der Waals surface area contributed by atoms with Gasteiger partial charge >= 0.3 is 17.6 Å². The van der Waals surface area contributed by atoms with E-state index in [2.05, 4.69) is 24.4 Å². The number of amides is 1. The van der Waals surface area contributed by atoms with Gasteiger partial charge in [-0.05, 0) is 32.1 Å². The molecular weight excluding hydrogens is 429 g/mol. The average Bonchev–Trinajstić information content (AvgIpc) is 2.78. The van der Waals surface area contributed by atoms with Crippen LogP contribution >= 0.6 is 0 Å². The maximum atomic E-state index is 14.1. The van der Waals surface area contributed by atoms with E-state index in [-0.39, 0.29) is 12.5 Å². The molecule has 0 aromatic heterocycles. The van der Waals surface area contributed by atoms with Gasteiger partial charge < -0.3 is 20.3 Å². The van der Waals surface area contributed by atoms with Crippen molar-refractivity contribution in [2.45, 2.75) is 115 Å². The number of carbonyl (C=O) groups excluding carboxylic acids is 1. The molecule has 0 heterocycles. The van der Waals surface area contributed by atoms with Crippen LogP contribution in [0.1, 0.15) is 103 Å². The first kappa shape index (κ1) is 31.0. The molecule has 0 saturated heterocycles. The number of unbranched alkanes of at least 4 members (excludes halogenated alkanes) is 11. The number of hydrogen-bond donors (Lipinski definition) is 3. The van der Waals surface area contributed by atoms with Gasteiger partial charge in [-0.15, -0.1) is 0 Å². The van der Waals surface area contributed by atoms with E-state index in [1.54, 1.807) is 0 Å². The smallest absolute Gasteiger partial charge is 0.353 e. The number of ether oxygens (including phenoxy) is 1. The van der Waals surface area contributed by atoms with Crippen LogP contribution in [0, 0.1) is 0 Å². The molecule has 0 rings (SSSR count).